The molecule has 2 aromatic rings. The molecule has 1 saturated carbocycles. The fourth-order valence-electron chi connectivity index (χ4n) is 3.39. The minimum absolute atomic E-state index is 0.0712. The number of amidine groups is 1. The second kappa shape index (κ2) is 12.0. The molecule has 0 aliphatic heterocycles. The number of benzene rings is 1. The van der Waals surface area contributed by atoms with E-state index in [0.29, 0.717) is 24.6 Å². The summed E-state index contributed by atoms with van der Waals surface area (Å²) in [6, 6.07) is 4.37. The molecule has 1 heterocycles. The van der Waals surface area contributed by atoms with Crippen LogP contribution in [0.2, 0.25) is 0 Å². The maximum Gasteiger partial charge on any atom is 0.274 e. The van der Waals surface area contributed by atoms with Gasteiger partial charge in [0.05, 0.1) is 9.40 Å². The lowest BCUT2D eigenvalue weighted by atomic mass is 9.95. The molecule has 178 valence electrons. The Morgan fingerprint density at radius 2 is 2.12 bits per heavy atom. The Kier molecular flexibility index (Phi) is 8.80. The molecular formula is C19H24BrFN8O4. The predicted octanol–water partition coefficient (Wildman–Crippen LogP) is 3.22. The van der Waals surface area contributed by atoms with Crippen LogP contribution in [0.3, 0.4) is 0 Å². The first-order chi connectivity index (χ1) is 16.0. The fraction of sp³-hybridized carbons (Fsp3) is 0.421. The van der Waals surface area contributed by atoms with E-state index in [9.17, 15) is 19.7 Å². The molecule has 12 nitrogen and oxygen atoms in total. The highest BCUT2D eigenvalue weighted by molar-refractivity contribution is 9.10. The highest BCUT2D eigenvalue weighted by atomic mass is 79.9. The zero-order chi connectivity index (χ0) is 23.6. The molecule has 5 N–H and O–H groups in total. The van der Waals surface area contributed by atoms with Gasteiger partial charge in [-0.15, -0.1) is 0 Å². The Morgan fingerprint density at radius 3 is 2.82 bits per heavy atom. The van der Waals surface area contributed by atoms with E-state index in [2.05, 4.69) is 52.7 Å². The number of aromatic nitrogens is 2. The highest BCUT2D eigenvalue weighted by Crippen LogP contribution is 2.21. The molecule has 1 aromatic heterocycles. The third-order valence-electron chi connectivity index (χ3n) is 4.93. The maximum atomic E-state index is 13.4. The molecule has 1 aromatic carbocycles. The van der Waals surface area contributed by atoms with Crippen molar-refractivity contribution in [3.8, 4) is 0 Å². The number of rotatable bonds is 10. The molecule has 0 saturated heterocycles. The van der Waals surface area contributed by atoms with Crippen LogP contribution in [0.15, 0.2) is 44.5 Å². The molecule has 1 fully saturated rings. The quantitative estimate of drug-likeness (QED) is 0.0774. The van der Waals surface area contributed by atoms with Gasteiger partial charge in [0, 0.05) is 24.8 Å². The number of nitro groups is 1. The van der Waals surface area contributed by atoms with Gasteiger partial charge in [0.2, 0.25) is 11.7 Å². The van der Waals surface area contributed by atoms with Crippen LogP contribution in [0.25, 0.3) is 0 Å². The van der Waals surface area contributed by atoms with Gasteiger partial charge < -0.3 is 26.5 Å². The molecule has 0 radical (unpaired) electrons. The van der Waals surface area contributed by atoms with Crippen molar-refractivity contribution in [3.05, 3.63) is 56.3 Å². The molecule has 0 atom stereocenters. The van der Waals surface area contributed by atoms with Crippen molar-refractivity contribution in [1.29, 1.82) is 0 Å². The SMILES string of the molecule is O=[N+]([O-])C=C(NCCNc1nonc1C(=NO)Nc1ccc(F)c(Br)c1)NC1CCCCC1. The van der Waals surface area contributed by atoms with Crippen molar-refractivity contribution in [1.82, 2.24) is 20.9 Å². The number of hydrogen-bond donors (Lipinski definition) is 5. The van der Waals surface area contributed by atoms with E-state index in [1.54, 1.807) is 0 Å². The van der Waals surface area contributed by atoms with Gasteiger partial charge in [-0.3, -0.25) is 10.1 Å². The van der Waals surface area contributed by atoms with Gasteiger partial charge in [-0.05, 0) is 57.3 Å². The number of oxime groups is 1. The van der Waals surface area contributed by atoms with Crippen LogP contribution < -0.4 is 21.3 Å². The number of hydrogen-bond acceptors (Lipinski definition) is 10. The Bertz CT molecular complexity index is 1010. The maximum absolute atomic E-state index is 13.4. The van der Waals surface area contributed by atoms with Crippen LogP contribution in [0.4, 0.5) is 15.9 Å². The van der Waals surface area contributed by atoms with E-state index in [-0.39, 0.29) is 27.9 Å². The lowest BCUT2D eigenvalue weighted by Crippen LogP contribution is -2.38. The van der Waals surface area contributed by atoms with Gasteiger partial charge in [-0.25, -0.2) is 9.02 Å². The molecule has 0 amide bonds. The zero-order valence-corrected chi connectivity index (χ0v) is 19.1. The summed E-state index contributed by atoms with van der Waals surface area (Å²) in [5.41, 5.74) is 0.536. The third-order valence-corrected chi connectivity index (χ3v) is 5.54. The normalized spacial score (nSPS) is 15.2. The van der Waals surface area contributed by atoms with Crippen molar-refractivity contribution >= 4 is 33.3 Å². The zero-order valence-electron chi connectivity index (χ0n) is 17.6. The monoisotopic (exact) mass is 526 g/mol. The van der Waals surface area contributed by atoms with Gasteiger partial charge >= 0.3 is 0 Å². The van der Waals surface area contributed by atoms with Crippen molar-refractivity contribution in [2.24, 2.45) is 5.16 Å². The van der Waals surface area contributed by atoms with E-state index in [1.165, 1.54) is 24.6 Å². The summed E-state index contributed by atoms with van der Waals surface area (Å²) in [4.78, 5) is 10.4. The minimum atomic E-state index is -0.505. The summed E-state index contributed by atoms with van der Waals surface area (Å²) in [6.45, 7) is 0.638. The smallest absolute Gasteiger partial charge is 0.274 e. The second-order valence-corrected chi connectivity index (χ2v) is 8.18. The molecule has 33 heavy (non-hydrogen) atoms. The molecule has 3 rings (SSSR count). The molecule has 0 bridgehead atoms. The lowest BCUT2D eigenvalue weighted by molar-refractivity contribution is -0.404. The van der Waals surface area contributed by atoms with E-state index in [1.807, 2.05) is 0 Å². The Morgan fingerprint density at radius 1 is 1.33 bits per heavy atom. The van der Waals surface area contributed by atoms with Crippen LogP contribution in [0.5, 0.6) is 0 Å². The number of anilines is 2. The van der Waals surface area contributed by atoms with E-state index < -0.39 is 10.7 Å². The summed E-state index contributed by atoms with van der Waals surface area (Å²) < 4.78 is 18.4. The van der Waals surface area contributed by atoms with Gasteiger partial charge in [0.25, 0.3) is 6.20 Å². The average Bonchev–Trinajstić information content (AvgIpc) is 3.26. The summed E-state index contributed by atoms with van der Waals surface area (Å²) in [6.07, 6.45) is 6.26. The lowest BCUT2D eigenvalue weighted by Gasteiger charge is -2.24. The third kappa shape index (κ3) is 7.30. The Labute approximate surface area is 196 Å². The van der Waals surface area contributed by atoms with Crippen LogP contribution in [0.1, 0.15) is 37.8 Å². The van der Waals surface area contributed by atoms with E-state index in [0.717, 1.165) is 31.9 Å². The average molecular weight is 527 g/mol. The molecule has 14 heteroatoms. The molecular weight excluding hydrogens is 503 g/mol. The first kappa shape index (κ1) is 24.2. The highest BCUT2D eigenvalue weighted by Gasteiger charge is 2.19. The summed E-state index contributed by atoms with van der Waals surface area (Å²) in [5, 5.41) is 43.0. The van der Waals surface area contributed by atoms with Crippen molar-refractivity contribution in [2.45, 2.75) is 38.1 Å². The minimum Gasteiger partial charge on any atom is -0.409 e. The van der Waals surface area contributed by atoms with Crippen molar-refractivity contribution in [2.75, 3.05) is 23.7 Å². The van der Waals surface area contributed by atoms with E-state index in [4.69, 9.17) is 4.63 Å². The first-order valence-electron chi connectivity index (χ1n) is 10.3. The van der Waals surface area contributed by atoms with Crippen molar-refractivity contribution < 1.29 is 19.2 Å². The van der Waals surface area contributed by atoms with Gasteiger partial charge in [0.15, 0.2) is 11.5 Å². The molecule has 1 aliphatic carbocycles. The number of nitrogens with zero attached hydrogens (tertiary/aromatic N) is 4. The van der Waals surface area contributed by atoms with Crippen molar-refractivity contribution in [3.63, 3.8) is 0 Å². The Hall–Kier alpha value is -3.42. The molecule has 0 unspecified atom stereocenters. The largest absolute Gasteiger partial charge is 0.409 e. The van der Waals surface area contributed by atoms with Gasteiger partial charge in [-0.2, -0.15) is 0 Å². The number of nitrogens with one attached hydrogen (secondary N) is 4. The molecule has 1 aliphatic rings. The summed E-state index contributed by atoms with van der Waals surface area (Å²) in [5.74, 6) is 0.0225. The van der Waals surface area contributed by atoms with Crippen LogP contribution in [0, 0.1) is 15.9 Å². The second-order valence-electron chi connectivity index (χ2n) is 7.32. The van der Waals surface area contributed by atoms with E-state index >= 15 is 0 Å². The molecule has 0 spiro atoms. The fourth-order valence-corrected chi connectivity index (χ4v) is 3.77. The first-order valence-corrected chi connectivity index (χ1v) is 11.1. The summed E-state index contributed by atoms with van der Waals surface area (Å²) in [7, 11) is 0. The van der Waals surface area contributed by atoms with Gasteiger partial charge in [-0.1, -0.05) is 24.4 Å². The standard InChI is InChI=1S/C19H24BrFN8O4/c20-14-10-13(6-7-15(14)21)25-19(26-30)17-18(28-33-27-17)23-9-8-22-16(11-29(31)32)24-12-4-2-1-3-5-12/h6-7,10-12,22,24,30H,1-5,8-9H2,(H,23,28)(H,25,26). The number of halogens is 2. The van der Waals surface area contributed by atoms with Crippen LogP contribution in [-0.4, -0.2) is 45.4 Å². The van der Waals surface area contributed by atoms with Crippen LogP contribution in [-0.2, 0) is 0 Å². The predicted molar refractivity (Wildman–Crippen MR) is 122 cm³/mol. The van der Waals surface area contributed by atoms with Gasteiger partial charge in [0.1, 0.15) is 5.82 Å². The topological polar surface area (TPSA) is 163 Å². The Balaban J connectivity index is 1.55. The summed E-state index contributed by atoms with van der Waals surface area (Å²) >= 11 is 3.09. The van der Waals surface area contributed by atoms with Crippen LogP contribution >= 0.6 is 15.9 Å².